The lowest BCUT2D eigenvalue weighted by atomic mass is 10.0. The quantitative estimate of drug-likeness (QED) is 0.745. The third kappa shape index (κ3) is 3.03. The SMILES string of the molecule is c1ccc(-c2ccc(C3[N-]C(c4ccccc4)NN3)cc2)cc1. The normalized spacial score (nSPS) is 20.5. The van der Waals surface area contributed by atoms with E-state index in [1.54, 1.807) is 0 Å². The number of benzene rings is 3. The lowest BCUT2D eigenvalue weighted by Crippen LogP contribution is -2.26. The second-order valence-corrected chi connectivity index (χ2v) is 5.64. The Balaban J connectivity index is 1.49. The smallest absolute Gasteiger partial charge is 0.0184 e. The zero-order chi connectivity index (χ0) is 15.5. The molecule has 3 nitrogen and oxygen atoms in total. The highest BCUT2D eigenvalue weighted by atomic mass is 15.5. The van der Waals surface area contributed by atoms with Gasteiger partial charge in [-0.2, -0.15) is 0 Å². The summed E-state index contributed by atoms with van der Waals surface area (Å²) in [6.45, 7) is 0. The van der Waals surface area contributed by atoms with Gasteiger partial charge in [-0.25, -0.2) is 0 Å². The van der Waals surface area contributed by atoms with Crippen LogP contribution in [0.1, 0.15) is 23.5 Å². The van der Waals surface area contributed by atoms with Gasteiger partial charge in [0.2, 0.25) is 0 Å². The molecular weight excluding hydrogens is 282 g/mol. The molecular formula is C20H18N3-. The molecule has 0 bridgehead atoms. The fourth-order valence-electron chi connectivity index (χ4n) is 2.84. The average Bonchev–Trinajstić information content (AvgIpc) is 3.14. The van der Waals surface area contributed by atoms with Gasteiger partial charge in [-0.3, -0.25) is 10.9 Å². The monoisotopic (exact) mass is 300 g/mol. The summed E-state index contributed by atoms with van der Waals surface area (Å²) in [4.78, 5) is 0. The Kier molecular flexibility index (Phi) is 3.90. The summed E-state index contributed by atoms with van der Waals surface area (Å²) in [6, 6.07) is 29.3. The van der Waals surface area contributed by atoms with Crippen molar-refractivity contribution in [3.05, 3.63) is 101 Å². The van der Waals surface area contributed by atoms with Crippen molar-refractivity contribution in [3.63, 3.8) is 0 Å². The van der Waals surface area contributed by atoms with E-state index in [1.165, 1.54) is 16.7 Å². The topological polar surface area (TPSA) is 38.2 Å². The van der Waals surface area contributed by atoms with E-state index in [0.29, 0.717) is 0 Å². The maximum atomic E-state index is 4.81. The first-order chi connectivity index (χ1) is 11.4. The highest BCUT2D eigenvalue weighted by molar-refractivity contribution is 5.63. The summed E-state index contributed by atoms with van der Waals surface area (Å²) in [7, 11) is 0. The van der Waals surface area contributed by atoms with Crippen molar-refractivity contribution in [2.45, 2.75) is 12.3 Å². The van der Waals surface area contributed by atoms with Crippen LogP contribution in [0.15, 0.2) is 84.9 Å². The van der Waals surface area contributed by atoms with Crippen LogP contribution in [-0.4, -0.2) is 0 Å². The number of hydrazine groups is 1. The van der Waals surface area contributed by atoms with Gasteiger partial charge in [-0.1, -0.05) is 96.1 Å². The molecule has 0 aromatic heterocycles. The number of rotatable bonds is 3. The van der Waals surface area contributed by atoms with E-state index in [-0.39, 0.29) is 12.3 Å². The Morgan fingerprint density at radius 2 is 1.00 bits per heavy atom. The van der Waals surface area contributed by atoms with Crippen LogP contribution in [0.2, 0.25) is 0 Å². The Morgan fingerprint density at radius 1 is 0.522 bits per heavy atom. The number of hydrogen-bond donors (Lipinski definition) is 2. The molecule has 1 saturated heterocycles. The van der Waals surface area contributed by atoms with E-state index in [9.17, 15) is 0 Å². The molecule has 0 spiro atoms. The number of hydrogen-bond acceptors (Lipinski definition) is 2. The average molecular weight is 300 g/mol. The molecule has 0 saturated carbocycles. The molecule has 3 aromatic carbocycles. The van der Waals surface area contributed by atoms with Crippen LogP contribution in [0.5, 0.6) is 0 Å². The molecule has 1 aliphatic heterocycles. The molecule has 23 heavy (non-hydrogen) atoms. The van der Waals surface area contributed by atoms with Gasteiger partial charge in [0.05, 0.1) is 0 Å². The largest absolute Gasteiger partial charge is 0.622 e. The summed E-state index contributed by atoms with van der Waals surface area (Å²) in [5, 5.41) is 4.81. The minimum absolute atomic E-state index is 0.00463. The van der Waals surface area contributed by atoms with Gasteiger partial charge in [0, 0.05) is 0 Å². The van der Waals surface area contributed by atoms with Gasteiger partial charge in [0.25, 0.3) is 0 Å². The van der Waals surface area contributed by atoms with Crippen molar-refractivity contribution in [1.82, 2.24) is 10.9 Å². The Hall–Kier alpha value is -2.46. The molecule has 2 unspecified atom stereocenters. The highest BCUT2D eigenvalue weighted by Crippen LogP contribution is 2.33. The van der Waals surface area contributed by atoms with E-state index >= 15 is 0 Å². The fraction of sp³-hybridized carbons (Fsp3) is 0.100. The summed E-state index contributed by atoms with van der Waals surface area (Å²) < 4.78 is 0. The van der Waals surface area contributed by atoms with Gasteiger partial charge in [0.1, 0.15) is 0 Å². The van der Waals surface area contributed by atoms with E-state index < -0.39 is 0 Å². The highest BCUT2D eigenvalue weighted by Gasteiger charge is 2.13. The fourth-order valence-corrected chi connectivity index (χ4v) is 2.84. The summed E-state index contributed by atoms with van der Waals surface area (Å²) >= 11 is 0. The van der Waals surface area contributed by atoms with Crippen molar-refractivity contribution in [1.29, 1.82) is 0 Å². The lowest BCUT2D eigenvalue weighted by Gasteiger charge is -2.27. The van der Waals surface area contributed by atoms with Gasteiger partial charge >= 0.3 is 0 Å². The Bertz CT molecular complexity index is 754. The minimum Gasteiger partial charge on any atom is -0.622 e. The van der Waals surface area contributed by atoms with Crippen molar-refractivity contribution >= 4 is 0 Å². The number of nitrogens with one attached hydrogen (secondary N) is 2. The molecule has 0 amide bonds. The van der Waals surface area contributed by atoms with Crippen molar-refractivity contribution in [2.24, 2.45) is 0 Å². The maximum absolute atomic E-state index is 4.81. The second-order valence-electron chi connectivity index (χ2n) is 5.64. The molecule has 3 aromatic rings. The van der Waals surface area contributed by atoms with E-state index in [4.69, 9.17) is 5.32 Å². The van der Waals surface area contributed by atoms with E-state index in [2.05, 4.69) is 71.5 Å². The molecule has 2 atom stereocenters. The van der Waals surface area contributed by atoms with Gasteiger partial charge < -0.3 is 5.32 Å². The van der Waals surface area contributed by atoms with Crippen LogP contribution < -0.4 is 10.9 Å². The van der Waals surface area contributed by atoms with Crippen LogP contribution in [0, 0.1) is 0 Å². The predicted molar refractivity (Wildman–Crippen MR) is 93.4 cm³/mol. The zero-order valence-corrected chi connectivity index (χ0v) is 12.7. The molecule has 0 radical (unpaired) electrons. The second kappa shape index (κ2) is 6.34. The first kappa shape index (κ1) is 14.2. The summed E-state index contributed by atoms with van der Waals surface area (Å²) in [6.07, 6.45) is -0.0278. The van der Waals surface area contributed by atoms with Crippen LogP contribution in [0.25, 0.3) is 16.4 Å². The van der Waals surface area contributed by atoms with Gasteiger partial charge in [-0.15, -0.1) is 0 Å². The zero-order valence-electron chi connectivity index (χ0n) is 12.7. The minimum atomic E-state index is -0.0231. The van der Waals surface area contributed by atoms with Crippen molar-refractivity contribution in [3.8, 4) is 11.1 Å². The molecule has 1 heterocycles. The Morgan fingerprint density at radius 3 is 1.61 bits per heavy atom. The van der Waals surface area contributed by atoms with E-state index in [1.807, 2.05) is 24.3 Å². The molecule has 114 valence electrons. The Labute approximate surface area is 136 Å². The molecule has 1 aliphatic rings. The molecule has 2 N–H and O–H groups in total. The maximum Gasteiger partial charge on any atom is -0.0184 e. The molecule has 3 heteroatoms. The number of nitrogens with zero attached hydrogens (tertiary/aromatic N) is 1. The summed E-state index contributed by atoms with van der Waals surface area (Å²) in [5.74, 6) is 0. The van der Waals surface area contributed by atoms with Crippen molar-refractivity contribution in [2.75, 3.05) is 0 Å². The molecule has 4 rings (SSSR count). The van der Waals surface area contributed by atoms with Gasteiger partial charge in [0.15, 0.2) is 0 Å². The predicted octanol–water partition coefficient (Wildman–Crippen LogP) is 4.53. The third-order valence-electron chi connectivity index (χ3n) is 4.10. The van der Waals surface area contributed by atoms with Crippen LogP contribution in [0.4, 0.5) is 0 Å². The van der Waals surface area contributed by atoms with Crippen LogP contribution in [-0.2, 0) is 0 Å². The van der Waals surface area contributed by atoms with E-state index in [0.717, 1.165) is 5.56 Å². The van der Waals surface area contributed by atoms with Crippen LogP contribution in [0.3, 0.4) is 0 Å². The first-order valence-corrected chi connectivity index (χ1v) is 7.81. The standard InChI is InChI=1S/C20H18N3/c1-3-7-15(8-4-1)16-11-13-18(14-12-16)20-21-19(22-23-20)17-9-5-2-6-10-17/h1-14,19-20,22-23H/q-1. The van der Waals surface area contributed by atoms with Crippen LogP contribution >= 0.6 is 0 Å². The molecule has 0 aliphatic carbocycles. The molecule has 1 fully saturated rings. The van der Waals surface area contributed by atoms with Crippen molar-refractivity contribution < 1.29 is 0 Å². The van der Waals surface area contributed by atoms with Gasteiger partial charge in [-0.05, 0) is 23.5 Å². The first-order valence-electron chi connectivity index (χ1n) is 7.81. The third-order valence-corrected chi connectivity index (χ3v) is 4.10. The summed E-state index contributed by atoms with van der Waals surface area (Å²) in [5.41, 5.74) is 11.3. The lowest BCUT2D eigenvalue weighted by molar-refractivity contribution is 0.555.